The Bertz CT molecular complexity index is 1020. The predicted molar refractivity (Wildman–Crippen MR) is 109 cm³/mol. The second-order valence-electron chi connectivity index (χ2n) is 8.00. The molecule has 2 amide bonds. The highest BCUT2D eigenvalue weighted by molar-refractivity contribution is 7.90. The zero-order chi connectivity index (χ0) is 19.9. The van der Waals surface area contributed by atoms with Crippen LogP contribution in [0.1, 0.15) is 35.2 Å². The molecular formula is C22H26N2O3S. The van der Waals surface area contributed by atoms with Crippen molar-refractivity contribution in [2.75, 3.05) is 19.3 Å². The molecule has 2 aliphatic rings. The summed E-state index contributed by atoms with van der Waals surface area (Å²) >= 11 is 0. The van der Waals surface area contributed by atoms with E-state index in [0.717, 1.165) is 24.0 Å². The van der Waals surface area contributed by atoms with Crippen molar-refractivity contribution in [3.05, 3.63) is 64.7 Å². The van der Waals surface area contributed by atoms with E-state index in [0.29, 0.717) is 30.3 Å². The first-order valence-corrected chi connectivity index (χ1v) is 11.7. The smallest absolute Gasteiger partial charge is 0.317 e. The lowest BCUT2D eigenvalue weighted by atomic mass is 10.0. The zero-order valence-electron chi connectivity index (χ0n) is 16.3. The van der Waals surface area contributed by atoms with Gasteiger partial charge in [0, 0.05) is 19.3 Å². The Morgan fingerprint density at radius 2 is 1.75 bits per heavy atom. The molecule has 2 unspecified atom stereocenters. The van der Waals surface area contributed by atoms with Gasteiger partial charge in [-0.1, -0.05) is 37.3 Å². The van der Waals surface area contributed by atoms with Crippen molar-refractivity contribution in [2.24, 2.45) is 5.92 Å². The van der Waals surface area contributed by atoms with Crippen molar-refractivity contribution >= 4 is 15.9 Å². The number of nitrogens with zero attached hydrogens (tertiary/aromatic N) is 1. The topological polar surface area (TPSA) is 66.5 Å². The van der Waals surface area contributed by atoms with Crippen molar-refractivity contribution in [3.63, 3.8) is 0 Å². The first-order valence-electron chi connectivity index (χ1n) is 9.78. The van der Waals surface area contributed by atoms with Gasteiger partial charge in [-0.3, -0.25) is 0 Å². The molecule has 148 valence electrons. The Morgan fingerprint density at radius 1 is 1.04 bits per heavy atom. The molecule has 1 aliphatic carbocycles. The molecule has 0 saturated heterocycles. The first-order chi connectivity index (χ1) is 13.3. The van der Waals surface area contributed by atoms with E-state index >= 15 is 0 Å². The van der Waals surface area contributed by atoms with Crippen LogP contribution < -0.4 is 5.32 Å². The summed E-state index contributed by atoms with van der Waals surface area (Å²) in [6.45, 7) is 3.41. The molecular weight excluding hydrogens is 372 g/mol. The summed E-state index contributed by atoms with van der Waals surface area (Å²) in [5.74, 6) is 0.378. The Kier molecular flexibility index (Phi) is 4.91. The average molecular weight is 399 g/mol. The molecule has 28 heavy (non-hydrogen) atoms. The monoisotopic (exact) mass is 398 g/mol. The molecule has 0 spiro atoms. The Hall–Kier alpha value is -2.34. The number of urea groups is 1. The van der Waals surface area contributed by atoms with E-state index in [9.17, 15) is 13.2 Å². The number of sulfone groups is 1. The molecule has 2 aromatic carbocycles. The molecule has 5 nitrogen and oxygen atoms in total. The van der Waals surface area contributed by atoms with Gasteiger partial charge in [0.1, 0.15) is 0 Å². The molecule has 0 aromatic heterocycles. The van der Waals surface area contributed by atoms with Crippen LogP contribution in [0.3, 0.4) is 0 Å². The lowest BCUT2D eigenvalue weighted by Crippen LogP contribution is -2.43. The maximum Gasteiger partial charge on any atom is 0.317 e. The molecule has 0 bridgehead atoms. The molecule has 4 rings (SSSR count). The summed E-state index contributed by atoms with van der Waals surface area (Å²) in [6.07, 6.45) is 3.62. The van der Waals surface area contributed by atoms with Gasteiger partial charge in [0.25, 0.3) is 0 Å². The maximum atomic E-state index is 13.0. The summed E-state index contributed by atoms with van der Waals surface area (Å²) in [7, 11) is -3.22. The number of carbonyl (C=O) groups is 1. The van der Waals surface area contributed by atoms with Crippen LogP contribution in [0, 0.1) is 5.92 Å². The van der Waals surface area contributed by atoms with Crippen LogP contribution in [0.2, 0.25) is 0 Å². The highest BCUT2D eigenvalue weighted by Gasteiger charge is 2.31. The van der Waals surface area contributed by atoms with E-state index in [-0.39, 0.29) is 12.1 Å². The number of nitrogens with one attached hydrogen (secondary N) is 1. The van der Waals surface area contributed by atoms with Gasteiger partial charge in [-0.25, -0.2) is 13.2 Å². The van der Waals surface area contributed by atoms with E-state index < -0.39 is 9.84 Å². The summed E-state index contributed by atoms with van der Waals surface area (Å²) in [5.41, 5.74) is 4.69. The lowest BCUT2D eigenvalue weighted by molar-refractivity contribution is 0.193. The minimum Gasteiger partial charge on any atom is -0.331 e. The molecule has 0 fully saturated rings. The Labute approximate surface area is 166 Å². The lowest BCUT2D eigenvalue weighted by Gasteiger charge is -2.26. The highest BCUT2D eigenvalue weighted by Crippen LogP contribution is 2.35. The van der Waals surface area contributed by atoms with E-state index in [1.165, 1.54) is 17.4 Å². The second kappa shape index (κ2) is 7.24. The average Bonchev–Trinajstić information content (AvgIpc) is 2.83. The fourth-order valence-electron chi connectivity index (χ4n) is 4.37. The van der Waals surface area contributed by atoms with Gasteiger partial charge in [0.05, 0.1) is 10.9 Å². The molecule has 2 aromatic rings. The summed E-state index contributed by atoms with van der Waals surface area (Å²) < 4.78 is 23.7. The van der Waals surface area contributed by atoms with Gasteiger partial charge < -0.3 is 10.2 Å². The first kappa shape index (κ1) is 19.0. The van der Waals surface area contributed by atoms with Crippen LogP contribution in [0.15, 0.2) is 47.4 Å². The summed E-state index contributed by atoms with van der Waals surface area (Å²) in [6, 6.07) is 13.7. The molecule has 6 heteroatoms. The van der Waals surface area contributed by atoms with Crippen LogP contribution in [-0.4, -0.2) is 38.7 Å². The number of benzene rings is 2. The summed E-state index contributed by atoms with van der Waals surface area (Å²) in [5, 5.41) is 3.24. The number of hydrogen-bond donors (Lipinski definition) is 1. The van der Waals surface area contributed by atoms with Gasteiger partial charge in [-0.2, -0.15) is 0 Å². The van der Waals surface area contributed by atoms with Crippen LogP contribution in [-0.2, 0) is 29.1 Å². The molecule has 1 heterocycles. The van der Waals surface area contributed by atoms with E-state index in [2.05, 4.69) is 24.4 Å². The van der Waals surface area contributed by atoms with Crippen LogP contribution in [0.5, 0.6) is 0 Å². The van der Waals surface area contributed by atoms with Gasteiger partial charge >= 0.3 is 6.03 Å². The van der Waals surface area contributed by atoms with Gasteiger partial charge in [-0.05, 0) is 59.6 Å². The standard InChI is InChI=1S/C22H26N2O3S/c1-15-13-18-5-3-4-6-20(18)21(15)23-22(25)24-11-9-16-7-8-19(28(2,26)27)14-17(16)10-12-24/h3-8,14-15,21H,9-13H2,1-2H3,(H,23,25). The Balaban J connectivity index is 1.47. The van der Waals surface area contributed by atoms with E-state index in [1.54, 1.807) is 12.1 Å². The molecule has 0 saturated carbocycles. The number of hydrogen-bond acceptors (Lipinski definition) is 3. The van der Waals surface area contributed by atoms with Crippen molar-refractivity contribution in [1.29, 1.82) is 0 Å². The van der Waals surface area contributed by atoms with Crippen molar-refractivity contribution < 1.29 is 13.2 Å². The zero-order valence-corrected chi connectivity index (χ0v) is 17.1. The number of amides is 2. The van der Waals surface area contributed by atoms with Crippen LogP contribution >= 0.6 is 0 Å². The second-order valence-corrected chi connectivity index (χ2v) is 10.0. The third-order valence-electron chi connectivity index (χ3n) is 5.98. The minimum atomic E-state index is -3.22. The van der Waals surface area contributed by atoms with E-state index in [4.69, 9.17) is 0 Å². The number of rotatable bonds is 2. The van der Waals surface area contributed by atoms with Crippen LogP contribution in [0.4, 0.5) is 4.79 Å². The van der Waals surface area contributed by atoms with Gasteiger partial charge in [-0.15, -0.1) is 0 Å². The van der Waals surface area contributed by atoms with Crippen molar-refractivity contribution in [3.8, 4) is 0 Å². The summed E-state index contributed by atoms with van der Waals surface area (Å²) in [4.78, 5) is 15.2. The van der Waals surface area contributed by atoms with Gasteiger partial charge in [0.2, 0.25) is 0 Å². The fraction of sp³-hybridized carbons (Fsp3) is 0.409. The Morgan fingerprint density at radius 3 is 2.50 bits per heavy atom. The van der Waals surface area contributed by atoms with Crippen molar-refractivity contribution in [1.82, 2.24) is 10.2 Å². The van der Waals surface area contributed by atoms with Crippen LogP contribution in [0.25, 0.3) is 0 Å². The third kappa shape index (κ3) is 3.65. The molecule has 0 radical (unpaired) electrons. The minimum absolute atomic E-state index is 0.0373. The largest absolute Gasteiger partial charge is 0.331 e. The number of carbonyl (C=O) groups excluding carboxylic acids is 1. The maximum absolute atomic E-state index is 13.0. The quantitative estimate of drug-likeness (QED) is 0.845. The van der Waals surface area contributed by atoms with E-state index in [1.807, 2.05) is 23.1 Å². The predicted octanol–water partition coefficient (Wildman–Crippen LogP) is 3.13. The fourth-order valence-corrected chi connectivity index (χ4v) is 5.05. The SMILES string of the molecule is CC1Cc2ccccc2C1NC(=O)N1CCc2ccc(S(C)(=O)=O)cc2CC1. The molecule has 1 aliphatic heterocycles. The highest BCUT2D eigenvalue weighted by atomic mass is 32.2. The third-order valence-corrected chi connectivity index (χ3v) is 7.09. The van der Waals surface area contributed by atoms with Gasteiger partial charge in [0.15, 0.2) is 9.84 Å². The molecule has 2 atom stereocenters. The van der Waals surface area contributed by atoms with Crippen molar-refractivity contribution in [2.45, 2.75) is 37.1 Å². The molecule has 1 N–H and O–H groups in total. The normalized spacial score (nSPS) is 21.6. The number of fused-ring (bicyclic) bond motifs is 2.